The predicted molar refractivity (Wildman–Crippen MR) is 72.4 cm³/mol. The molecule has 1 fully saturated rings. The maximum atomic E-state index is 5.85. The topological polar surface area (TPSA) is 64.3 Å². The summed E-state index contributed by atoms with van der Waals surface area (Å²) in [6.45, 7) is 6.33. The van der Waals surface area contributed by atoms with E-state index in [0.29, 0.717) is 30.9 Å². The van der Waals surface area contributed by atoms with Gasteiger partial charge < -0.3 is 15.4 Å². The molecule has 1 aromatic heterocycles. The number of nitrogens with zero attached hydrogens (tertiary/aromatic N) is 3. The van der Waals surface area contributed by atoms with Gasteiger partial charge in [0.15, 0.2) is 5.82 Å². The standard InChI is InChI=1S/C13H22N4O/c1-3-18-9-12-15-11(14)8-13(16-12)17-7-5-4-6-10(17)2/h8,10H,3-7,9H2,1-2H3,(H2,14,15,16). The second-order valence-electron chi connectivity index (χ2n) is 4.74. The van der Waals surface area contributed by atoms with Gasteiger partial charge >= 0.3 is 0 Å². The molecule has 0 spiro atoms. The quantitative estimate of drug-likeness (QED) is 0.885. The summed E-state index contributed by atoms with van der Waals surface area (Å²) in [5.74, 6) is 2.13. The van der Waals surface area contributed by atoms with Crippen LogP contribution < -0.4 is 10.6 Å². The number of nitrogens with two attached hydrogens (primary N) is 1. The van der Waals surface area contributed by atoms with Crippen molar-refractivity contribution in [3.8, 4) is 0 Å². The first-order valence-corrected chi connectivity index (χ1v) is 6.68. The lowest BCUT2D eigenvalue weighted by Gasteiger charge is -2.34. The molecule has 1 aromatic rings. The SMILES string of the molecule is CCOCc1nc(N)cc(N2CCCCC2C)n1. The minimum Gasteiger partial charge on any atom is -0.384 e. The molecule has 2 rings (SSSR count). The fourth-order valence-corrected chi connectivity index (χ4v) is 2.35. The van der Waals surface area contributed by atoms with Gasteiger partial charge in [-0.2, -0.15) is 0 Å². The maximum Gasteiger partial charge on any atom is 0.158 e. The molecule has 0 saturated carbocycles. The van der Waals surface area contributed by atoms with Crippen LogP contribution in [-0.4, -0.2) is 29.2 Å². The van der Waals surface area contributed by atoms with Gasteiger partial charge in [0.2, 0.25) is 0 Å². The summed E-state index contributed by atoms with van der Waals surface area (Å²) in [5, 5.41) is 0. The largest absolute Gasteiger partial charge is 0.384 e. The van der Waals surface area contributed by atoms with E-state index < -0.39 is 0 Å². The third-order valence-corrected chi connectivity index (χ3v) is 3.31. The Hall–Kier alpha value is -1.36. The van der Waals surface area contributed by atoms with Crippen molar-refractivity contribution in [1.82, 2.24) is 9.97 Å². The molecule has 5 nitrogen and oxygen atoms in total. The third kappa shape index (κ3) is 3.10. The molecule has 1 aliphatic rings. The molecule has 1 unspecified atom stereocenters. The van der Waals surface area contributed by atoms with Gasteiger partial charge in [-0.05, 0) is 33.1 Å². The highest BCUT2D eigenvalue weighted by molar-refractivity contribution is 5.48. The number of piperidine rings is 1. The van der Waals surface area contributed by atoms with Crippen molar-refractivity contribution >= 4 is 11.6 Å². The zero-order valence-electron chi connectivity index (χ0n) is 11.2. The van der Waals surface area contributed by atoms with Crippen LogP contribution in [0.3, 0.4) is 0 Å². The van der Waals surface area contributed by atoms with E-state index in [4.69, 9.17) is 10.5 Å². The second-order valence-corrected chi connectivity index (χ2v) is 4.74. The molecule has 0 radical (unpaired) electrons. The van der Waals surface area contributed by atoms with Crippen molar-refractivity contribution in [2.75, 3.05) is 23.8 Å². The Morgan fingerprint density at radius 3 is 3.00 bits per heavy atom. The summed E-state index contributed by atoms with van der Waals surface area (Å²) < 4.78 is 5.34. The van der Waals surface area contributed by atoms with Crippen LogP contribution >= 0.6 is 0 Å². The fourth-order valence-electron chi connectivity index (χ4n) is 2.35. The van der Waals surface area contributed by atoms with Gasteiger partial charge in [-0.25, -0.2) is 9.97 Å². The Labute approximate surface area is 108 Å². The molecule has 1 saturated heterocycles. The zero-order chi connectivity index (χ0) is 13.0. The van der Waals surface area contributed by atoms with E-state index in [1.54, 1.807) is 0 Å². The van der Waals surface area contributed by atoms with Crippen molar-refractivity contribution in [1.29, 1.82) is 0 Å². The number of hydrogen-bond acceptors (Lipinski definition) is 5. The van der Waals surface area contributed by atoms with E-state index >= 15 is 0 Å². The molecule has 0 bridgehead atoms. The Morgan fingerprint density at radius 2 is 2.28 bits per heavy atom. The van der Waals surface area contributed by atoms with E-state index in [9.17, 15) is 0 Å². The molecule has 1 aliphatic heterocycles. The summed E-state index contributed by atoms with van der Waals surface area (Å²) in [7, 11) is 0. The Morgan fingerprint density at radius 1 is 1.44 bits per heavy atom. The molecule has 18 heavy (non-hydrogen) atoms. The van der Waals surface area contributed by atoms with Crippen LogP contribution in [0.5, 0.6) is 0 Å². The highest BCUT2D eigenvalue weighted by Crippen LogP contribution is 2.24. The van der Waals surface area contributed by atoms with E-state index in [0.717, 1.165) is 12.4 Å². The average Bonchev–Trinajstić information content (AvgIpc) is 2.36. The van der Waals surface area contributed by atoms with Gasteiger partial charge in [0, 0.05) is 25.3 Å². The highest BCUT2D eigenvalue weighted by atomic mass is 16.5. The summed E-state index contributed by atoms with van der Waals surface area (Å²) in [4.78, 5) is 11.1. The molecule has 5 heteroatoms. The molecule has 0 aromatic carbocycles. The molecule has 2 heterocycles. The van der Waals surface area contributed by atoms with Crippen LogP contribution in [0, 0.1) is 0 Å². The van der Waals surface area contributed by atoms with Gasteiger partial charge in [0.05, 0.1) is 0 Å². The van der Waals surface area contributed by atoms with Crippen molar-refractivity contribution in [3.05, 3.63) is 11.9 Å². The summed E-state index contributed by atoms with van der Waals surface area (Å²) >= 11 is 0. The van der Waals surface area contributed by atoms with Crippen LogP contribution in [0.2, 0.25) is 0 Å². The predicted octanol–water partition coefficient (Wildman–Crippen LogP) is 1.97. The highest BCUT2D eigenvalue weighted by Gasteiger charge is 2.20. The summed E-state index contributed by atoms with van der Waals surface area (Å²) in [5.41, 5.74) is 5.85. The van der Waals surface area contributed by atoms with Crippen LogP contribution in [-0.2, 0) is 11.3 Å². The average molecular weight is 250 g/mol. The zero-order valence-corrected chi connectivity index (χ0v) is 11.2. The van der Waals surface area contributed by atoms with Crippen molar-refractivity contribution < 1.29 is 4.74 Å². The molecular formula is C13H22N4O. The molecular weight excluding hydrogens is 228 g/mol. The third-order valence-electron chi connectivity index (χ3n) is 3.31. The fraction of sp³-hybridized carbons (Fsp3) is 0.692. The van der Waals surface area contributed by atoms with E-state index in [-0.39, 0.29) is 0 Å². The summed E-state index contributed by atoms with van der Waals surface area (Å²) in [6, 6.07) is 2.38. The minimum atomic E-state index is 0.427. The van der Waals surface area contributed by atoms with Gasteiger partial charge in [-0.15, -0.1) is 0 Å². The van der Waals surface area contributed by atoms with Gasteiger partial charge in [0.1, 0.15) is 18.2 Å². The first-order valence-electron chi connectivity index (χ1n) is 6.68. The van der Waals surface area contributed by atoms with Crippen molar-refractivity contribution in [3.63, 3.8) is 0 Å². The Bertz CT molecular complexity index is 397. The van der Waals surface area contributed by atoms with E-state index in [1.165, 1.54) is 19.3 Å². The van der Waals surface area contributed by atoms with Crippen LogP contribution in [0.4, 0.5) is 11.6 Å². The first-order chi connectivity index (χ1) is 8.70. The van der Waals surface area contributed by atoms with E-state index in [2.05, 4.69) is 21.8 Å². The lowest BCUT2D eigenvalue weighted by Crippen LogP contribution is -2.38. The number of nitrogen functional groups attached to an aromatic ring is 1. The molecule has 100 valence electrons. The Kier molecular flexibility index (Phi) is 4.36. The van der Waals surface area contributed by atoms with E-state index in [1.807, 2.05) is 13.0 Å². The number of ether oxygens (including phenoxy) is 1. The van der Waals surface area contributed by atoms with Crippen LogP contribution in [0.25, 0.3) is 0 Å². The Balaban J connectivity index is 2.18. The van der Waals surface area contributed by atoms with Gasteiger partial charge in [-0.1, -0.05) is 0 Å². The van der Waals surface area contributed by atoms with Gasteiger partial charge in [0.25, 0.3) is 0 Å². The smallest absolute Gasteiger partial charge is 0.158 e. The summed E-state index contributed by atoms with van der Waals surface area (Å²) in [6.07, 6.45) is 3.73. The number of hydrogen-bond donors (Lipinski definition) is 1. The second kappa shape index (κ2) is 6.00. The number of aromatic nitrogens is 2. The lowest BCUT2D eigenvalue weighted by molar-refractivity contribution is 0.128. The molecule has 1 atom stereocenters. The molecule has 0 amide bonds. The normalized spacial score (nSPS) is 20.1. The maximum absolute atomic E-state index is 5.85. The first kappa shape index (κ1) is 13.1. The molecule has 0 aliphatic carbocycles. The minimum absolute atomic E-state index is 0.427. The van der Waals surface area contributed by atoms with Gasteiger partial charge in [-0.3, -0.25) is 0 Å². The lowest BCUT2D eigenvalue weighted by atomic mass is 10.0. The molecule has 2 N–H and O–H groups in total. The van der Waals surface area contributed by atoms with Crippen molar-refractivity contribution in [2.45, 2.75) is 45.8 Å². The monoisotopic (exact) mass is 250 g/mol. The number of anilines is 2. The van der Waals surface area contributed by atoms with Crippen molar-refractivity contribution in [2.24, 2.45) is 0 Å². The van der Waals surface area contributed by atoms with Crippen LogP contribution in [0.1, 0.15) is 38.9 Å². The number of rotatable bonds is 4. The van der Waals surface area contributed by atoms with Crippen LogP contribution in [0.15, 0.2) is 6.07 Å².